The van der Waals surface area contributed by atoms with Crippen molar-refractivity contribution in [3.05, 3.63) is 92.0 Å². The van der Waals surface area contributed by atoms with Crippen LogP contribution in [0, 0.1) is 30.0 Å². The van der Waals surface area contributed by atoms with Crippen LogP contribution in [0.1, 0.15) is 120 Å². The summed E-state index contributed by atoms with van der Waals surface area (Å²) in [7, 11) is 1.27. The number of likely N-dealkylation sites (tertiary alicyclic amines) is 2. The number of nitrogens with one attached hydrogen (secondary N) is 3. The highest BCUT2D eigenvalue weighted by molar-refractivity contribution is 7.14. The van der Waals surface area contributed by atoms with E-state index < -0.39 is 40.5 Å². The van der Waals surface area contributed by atoms with Crippen molar-refractivity contribution >= 4 is 80.9 Å². The van der Waals surface area contributed by atoms with Crippen LogP contribution in [0.4, 0.5) is 32.8 Å². The number of hydrogen-bond acceptors (Lipinski definition) is 15. The molecule has 0 aliphatic carbocycles. The first-order chi connectivity index (χ1) is 39.7. The number of hydrogen-bond donors (Lipinski definition) is 4. The van der Waals surface area contributed by atoms with E-state index in [-0.39, 0.29) is 87.1 Å². The SMILES string of the molecule is C=C/C(F)=c1/sc(N)c(C#N)/c1=C\c1c(C(F)(F)F)cc2c(N3CB4CCC(C3)N4)nc(OC)nc2c1F.CC.CC(C)C.Cc1ncsc1-c1ccc([C@H](C)NC(=O)[C@@H]2CCCN2C(=O)CNC(=O)CCOCCCN2CCCC2)cc1. The molecule has 9 rings (SSSR count). The molecule has 4 aliphatic heterocycles. The van der Waals surface area contributed by atoms with Crippen molar-refractivity contribution in [2.45, 2.75) is 124 Å². The van der Waals surface area contributed by atoms with Gasteiger partial charge in [0.05, 0.1) is 58.0 Å². The third-order valence-corrected chi connectivity index (χ3v) is 16.2. The summed E-state index contributed by atoms with van der Waals surface area (Å²) in [4.78, 5) is 57.7. The number of fused-ring (bicyclic) bond motifs is 3. The Labute approximate surface area is 491 Å². The van der Waals surface area contributed by atoms with Crippen LogP contribution >= 0.6 is 22.7 Å². The summed E-state index contributed by atoms with van der Waals surface area (Å²) < 4.78 is 84.2. The number of halogens is 5. The Morgan fingerprint density at radius 2 is 1.77 bits per heavy atom. The van der Waals surface area contributed by atoms with E-state index >= 15 is 4.39 Å². The molecule has 1 unspecified atom stereocenters. The van der Waals surface area contributed by atoms with Gasteiger partial charge in [0.2, 0.25) is 24.6 Å². The van der Waals surface area contributed by atoms with Gasteiger partial charge in [-0.05, 0) is 101 Å². The van der Waals surface area contributed by atoms with Gasteiger partial charge in [0.25, 0.3) is 0 Å². The Morgan fingerprint density at radius 1 is 1.06 bits per heavy atom. The molecule has 3 aromatic heterocycles. The summed E-state index contributed by atoms with van der Waals surface area (Å²) in [5, 5.41) is 18.2. The van der Waals surface area contributed by atoms with E-state index in [0.29, 0.717) is 50.5 Å². The number of methoxy groups -OCH3 is 1. The molecule has 7 heterocycles. The Bertz CT molecular complexity index is 3190. The predicted molar refractivity (Wildman–Crippen MR) is 321 cm³/mol. The Balaban J connectivity index is 0.000000244. The van der Waals surface area contributed by atoms with Crippen LogP contribution in [0.2, 0.25) is 6.32 Å². The molecule has 2 bridgehead atoms. The molecule has 448 valence electrons. The number of ether oxygens (including phenoxy) is 2. The molecule has 2 aromatic carbocycles. The average Bonchev–Trinajstić information content (AvgIpc) is 3.56. The number of nitrogen functional groups attached to an aromatic ring is 1. The fourth-order valence-electron chi connectivity index (χ4n) is 10.3. The van der Waals surface area contributed by atoms with Gasteiger partial charge < -0.3 is 45.8 Å². The van der Waals surface area contributed by atoms with Gasteiger partial charge in [-0.15, -0.1) is 22.7 Å². The van der Waals surface area contributed by atoms with Crippen molar-refractivity contribution in [3.63, 3.8) is 0 Å². The lowest BCUT2D eigenvalue weighted by Gasteiger charge is -2.33. The van der Waals surface area contributed by atoms with E-state index in [9.17, 15) is 37.2 Å². The monoisotopic (exact) mass is 1190 g/mol. The Kier molecular flexibility index (Phi) is 24.4. The van der Waals surface area contributed by atoms with Crippen molar-refractivity contribution in [1.29, 1.82) is 5.26 Å². The number of carbonyl (C=O) groups is 3. The van der Waals surface area contributed by atoms with Crippen LogP contribution < -0.4 is 41.0 Å². The second-order valence-corrected chi connectivity index (χ2v) is 23.1. The molecule has 0 spiro atoms. The van der Waals surface area contributed by atoms with Crippen molar-refractivity contribution in [1.82, 2.24) is 40.6 Å². The van der Waals surface area contributed by atoms with Gasteiger partial charge in [-0.3, -0.25) is 14.4 Å². The topological polar surface area (TPSA) is 204 Å². The first kappa shape index (κ1) is 65.6. The smallest absolute Gasteiger partial charge is 0.417 e. The molecule has 5 N–H and O–H groups in total. The molecule has 16 nitrogen and oxygen atoms in total. The number of aryl methyl sites for hydroxylation is 1. The third-order valence-electron chi connectivity index (χ3n) is 14.2. The maximum Gasteiger partial charge on any atom is 0.417 e. The number of benzene rings is 2. The summed E-state index contributed by atoms with van der Waals surface area (Å²) >= 11 is 2.26. The summed E-state index contributed by atoms with van der Waals surface area (Å²) in [6.07, 6.45) is 4.04. The van der Waals surface area contributed by atoms with E-state index in [0.717, 1.165) is 78.0 Å². The number of allylic oxidation sites excluding steroid dienone is 1. The van der Waals surface area contributed by atoms with Crippen LogP contribution in [0.15, 0.2) is 48.5 Å². The van der Waals surface area contributed by atoms with Gasteiger partial charge in [0.1, 0.15) is 34.3 Å². The van der Waals surface area contributed by atoms with E-state index in [1.165, 1.54) is 33.0 Å². The largest absolute Gasteiger partial charge is 0.467 e. The number of carbonyl (C=O) groups excluding carboxylic acids is 3. The first-order valence-electron chi connectivity index (χ1n) is 28.4. The van der Waals surface area contributed by atoms with Gasteiger partial charge >= 0.3 is 12.2 Å². The molecular formula is C59H77BF5N11O5S2. The number of anilines is 2. The fraction of sp³-hybridized carbons (Fsp3) is 0.508. The molecular weight excluding hydrogens is 1110 g/mol. The molecule has 0 saturated carbocycles. The van der Waals surface area contributed by atoms with Crippen LogP contribution in [0.5, 0.6) is 6.01 Å². The lowest BCUT2D eigenvalue weighted by molar-refractivity contribution is -0.139. The Hall–Kier alpha value is -6.52. The minimum atomic E-state index is -5.00. The highest BCUT2D eigenvalue weighted by Crippen LogP contribution is 2.40. The molecule has 4 fully saturated rings. The predicted octanol–water partition coefficient (Wildman–Crippen LogP) is 9.10. The number of thiophene rings is 1. The van der Waals surface area contributed by atoms with Crippen LogP contribution in [-0.4, -0.2) is 127 Å². The van der Waals surface area contributed by atoms with Gasteiger partial charge in [-0.2, -0.15) is 28.4 Å². The van der Waals surface area contributed by atoms with Gasteiger partial charge in [0, 0.05) is 61.3 Å². The van der Waals surface area contributed by atoms with E-state index in [1.807, 2.05) is 62.4 Å². The molecule has 4 aliphatic rings. The lowest BCUT2D eigenvalue weighted by Crippen LogP contribution is -2.54. The number of aromatic nitrogens is 3. The highest BCUT2D eigenvalue weighted by Gasteiger charge is 2.40. The van der Waals surface area contributed by atoms with Gasteiger partial charge in [0.15, 0.2) is 5.82 Å². The van der Waals surface area contributed by atoms with Crippen molar-refractivity contribution in [2.24, 2.45) is 5.92 Å². The van der Waals surface area contributed by atoms with E-state index in [2.05, 4.69) is 63.1 Å². The zero-order valence-electron chi connectivity index (χ0n) is 48.7. The minimum Gasteiger partial charge on any atom is -0.467 e. The van der Waals surface area contributed by atoms with Crippen molar-refractivity contribution < 1.29 is 45.8 Å². The zero-order valence-corrected chi connectivity index (χ0v) is 50.3. The van der Waals surface area contributed by atoms with Gasteiger partial charge in [-0.1, -0.05) is 71.8 Å². The minimum absolute atomic E-state index is 0.106. The second-order valence-electron chi connectivity index (χ2n) is 21.2. The number of nitrogens with zero attached hydrogens (tertiary/aromatic N) is 7. The maximum absolute atomic E-state index is 16.1. The van der Waals surface area contributed by atoms with Crippen LogP contribution in [0.3, 0.4) is 0 Å². The summed E-state index contributed by atoms with van der Waals surface area (Å²) in [5.74, 6) is -1.87. The number of rotatable bonds is 17. The van der Waals surface area contributed by atoms with Crippen LogP contribution in [0.25, 0.3) is 33.2 Å². The number of amides is 3. The number of nitrogens with two attached hydrogens (primary N) is 1. The fourth-order valence-corrected chi connectivity index (χ4v) is 12.0. The Morgan fingerprint density at radius 3 is 2.40 bits per heavy atom. The summed E-state index contributed by atoms with van der Waals surface area (Å²) in [6.45, 7) is 23.2. The third kappa shape index (κ3) is 17.3. The molecule has 3 atom stereocenters. The average molecular weight is 1190 g/mol. The van der Waals surface area contributed by atoms with E-state index in [1.54, 1.807) is 22.3 Å². The van der Waals surface area contributed by atoms with Crippen LogP contribution in [-0.2, 0) is 25.3 Å². The summed E-state index contributed by atoms with van der Waals surface area (Å²) in [5.41, 5.74) is 7.87. The summed E-state index contributed by atoms with van der Waals surface area (Å²) in [6, 6.07) is 9.89. The van der Waals surface area contributed by atoms with Crippen molar-refractivity contribution in [2.75, 3.05) is 76.7 Å². The number of alkyl halides is 3. The molecule has 5 aromatic rings. The highest BCUT2D eigenvalue weighted by atomic mass is 32.1. The molecule has 3 amide bonds. The maximum atomic E-state index is 16.1. The normalized spacial score (nSPS) is 17.7. The molecule has 4 saturated heterocycles. The molecule has 0 radical (unpaired) electrons. The lowest BCUT2D eigenvalue weighted by atomic mass is 9.61. The quantitative estimate of drug-likeness (QED) is 0.0390. The van der Waals surface area contributed by atoms with E-state index in [4.69, 9.17) is 15.2 Å². The first-order valence-corrected chi connectivity index (χ1v) is 30.1. The molecule has 24 heteroatoms. The standard InChI is InChI=1S/C29H41N5O4S.C24H20BF5N6OS.C4H10.C2H6/c1-21(23-8-10-24(11-9-23)28-22(2)31-20-39-28)32-29(37)25-7-5-16-34(25)27(36)19-30-26(35)12-18-38-17-6-15-33-13-3-4-14-33;1-3-17(26)20-12(15(8-31)21(32)38-20)6-13-16(24(28,29)30)7-14-19(18(13)27)33-23(37-2)34-22(14)36-9-11-4-5-25(10-36)35-11;1-4(2)3;1-2/h8-11,20-21,25H,3-7,12-19H2,1-2H3,(H,30,35)(H,32,37);3,6-7,11,35H,1,4-5,9-10,32H2,2H3;4H,1-3H3;1-2H3/b;12-6+,20-17-;;/t21-,25-;;;/m0.../s1. The number of thiazole rings is 1. The number of nitriles is 1. The second kappa shape index (κ2) is 30.9. The zero-order chi connectivity index (χ0) is 60.5. The molecule has 83 heavy (non-hydrogen) atoms. The van der Waals surface area contributed by atoms with Crippen molar-refractivity contribution in [3.8, 4) is 22.5 Å². The van der Waals surface area contributed by atoms with Gasteiger partial charge in [-0.25, -0.2) is 13.8 Å².